The number of nitrogens with one attached hydrogen (secondary N) is 1. The molecule has 0 aliphatic carbocycles. The first-order valence-electron chi connectivity index (χ1n) is 6.05. The van der Waals surface area contributed by atoms with E-state index in [4.69, 9.17) is 15.2 Å². The molecule has 1 amide bonds. The van der Waals surface area contributed by atoms with Crippen LogP contribution in [0.3, 0.4) is 0 Å². The molecule has 0 spiro atoms. The van der Waals surface area contributed by atoms with Crippen LogP contribution >= 0.6 is 0 Å². The fraction of sp³-hybridized carbons (Fsp3) is 0.538. The molecule has 0 aliphatic rings. The van der Waals surface area contributed by atoms with Crippen molar-refractivity contribution in [2.75, 3.05) is 13.7 Å². The topological polar surface area (TPSA) is 86.5 Å². The number of alkyl carbamates (subject to hydrolysis) is 1. The fourth-order valence-corrected chi connectivity index (χ4v) is 1.48. The minimum absolute atomic E-state index is 0.256. The number of methoxy groups -OCH3 is 1. The summed E-state index contributed by atoms with van der Waals surface area (Å²) in [6, 6.07) is 3.17. The molecule has 106 valence electrons. The number of carbonyl (C=O) groups excluding carboxylic acids is 1. The summed E-state index contributed by atoms with van der Waals surface area (Å²) in [6.45, 7) is 5.67. The zero-order valence-corrected chi connectivity index (χ0v) is 11.8. The lowest BCUT2D eigenvalue weighted by Gasteiger charge is -2.23. The Morgan fingerprint density at radius 3 is 2.74 bits per heavy atom. The molecule has 1 atom stereocenters. The summed E-state index contributed by atoms with van der Waals surface area (Å²) in [5.74, 6) is 0.474. The van der Waals surface area contributed by atoms with Crippen LogP contribution in [0.15, 0.2) is 18.3 Å². The van der Waals surface area contributed by atoms with E-state index in [0.717, 1.165) is 5.56 Å². The van der Waals surface area contributed by atoms with Crippen LogP contribution in [-0.2, 0) is 4.74 Å². The number of nitrogens with zero attached hydrogens (tertiary/aromatic N) is 1. The lowest BCUT2D eigenvalue weighted by molar-refractivity contribution is 0.0505. The van der Waals surface area contributed by atoms with Crippen LogP contribution in [0.1, 0.15) is 32.4 Å². The van der Waals surface area contributed by atoms with Gasteiger partial charge in [0.2, 0.25) is 5.88 Å². The van der Waals surface area contributed by atoms with Crippen molar-refractivity contribution in [1.29, 1.82) is 0 Å². The first-order valence-corrected chi connectivity index (χ1v) is 6.05. The molecule has 0 radical (unpaired) electrons. The van der Waals surface area contributed by atoms with Crippen LogP contribution in [-0.4, -0.2) is 30.3 Å². The monoisotopic (exact) mass is 267 g/mol. The highest BCUT2D eigenvalue weighted by Crippen LogP contribution is 2.17. The van der Waals surface area contributed by atoms with Crippen molar-refractivity contribution in [2.45, 2.75) is 32.4 Å². The van der Waals surface area contributed by atoms with Crippen LogP contribution in [0, 0.1) is 0 Å². The maximum Gasteiger partial charge on any atom is 0.408 e. The van der Waals surface area contributed by atoms with Gasteiger partial charge in [-0.05, 0) is 32.4 Å². The molecule has 1 rings (SSSR count). The molecule has 1 heterocycles. The summed E-state index contributed by atoms with van der Waals surface area (Å²) in [6.07, 6.45) is 1.10. The molecule has 0 fully saturated rings. The molecule has 3 N–H and O–H groups in total. The Kier molecular flexibility index (Phi) is 5.11. The number of hydrogen-bond donors (Lipinski definition) is 2. The Morgan fingerprint density at radius 1 is 1.53 bits per heavy atom. The summed E-state index contributed by atoms with van der Waals surface area (Å²) in [5.41, 5.74) is 5.95. The predicted octanol–water partition coefficient (Wildman–Crippen LogP) is 1.61. The number of amides is 1. The number of ether oxygens (including phenoxy) is 2. The molecule has 1 aromatic heterocycles. The van der Waals surface area contributed by atoms with E-state index in [1.54, 1.807) is 39.1 Å². The number of hydrogen-bond acceptors (Lipinski definition) is 5. The number of pyridine rings is 1. The van der Waals surface area contributed by atoms with Crippen LogP contribution in [0.4, 0.5) is 4.79 Å². The number of aromatic nitrogens is 1. The maximum atomic E-state index is 11.7. The summed E-state index contributed by atoms with van der Waals surface area (Å²) in [4.78, 5) is 15.7. The van der Waals surface area contributed by atoms with Crippen LogP contribution in [0.25, 0.3) is 0 Å². The van der Waals surface area contributed by atoms with Gasteiger partial charge in [0.1, 0.15) is 5.60 Å². The third kappa shape index (κ3) is 5.13. The molecular formula is C13H21N3O3. The average Bonchev–Trinajstić information content (AvgIpc) is 2.34. The quantitative estimate of drug-likeness (QED) is 0.865. The first-order chi connectivity index (χ1) is 8.85. The van der Waals surface area contributed by atoms with Crippen LogP contribution in [0.5, 0.6) is 5.88 Å². The standard InChI is InChI=1S/C13H21N3O3/c1-13(2,3)19-12(17)16-10(8-14)9-5-6-15-11(7-9)18-4/h5-7,10H,8,14H2,1-4H3,(H,16,17). The van der Waals surface area contributed by atoms with Gasteiger partial charge >= 0.3 is 6.09 Å². The van der Waals surface area contributed by atoms with Crippen molar-refractivity contribution < 1.29 is 14.3 Å². The number of nitrogens with two attached hydrogens (primary N) is 1. The van der Waals surface area contributed by atoms with Crippen molar-refractivity contribution in [3.63, 3.8) is 0 Å². The summed E-state index contributed by atoms with van der Waals surface area (Å²) in [7, 11) is 1.53. The highest BCUT2D eigenvalue weighted by atomic mass is 16.6. The summed E-state index contributed by atoms with van der Waals surface area (Å²) in [5, 5.41) is 2.72. The first kappa shape index (κ1) is 15.2. The van der Waals surface area contributed by atoms with E-state index in [9.17, 15) is 4.79 Å². The van der Waals surface area contributed by atoms with Gasteiger partial charge in [0, 0.05) is 18.8 Å². The molecule has 1 unspecified atom stereocenters. The molecule has 0 saturated carbocycles. The second-order valence-corrected chi connectivity index (χ2v) is 5.07. The van der Waals surface area contributed by atoms with E-state index < -0.39 is 11.7 Å². The average molecular weight is 267 g/mol. The molecule has 6 heteroatoms. The van der Waals surface area contributed by atoms with E-state index in [1.165, 1.54) is 7.11 Å². The van der Waals surface area contributed by atoms with Gasteiger partial charge in [-0.2, -0.15) is 0 Å². The molecule has 0 bridgehead atoms. The van der Waals surface area contributed by atoms with E-state index in [0.29, 0.717) is 5.88 Å². The SMILES string of the molecule is COc1cc(C(CN)NC(=O)OC(C)(C)C)ccn1. The zero-order valence-electron chi connectivity index (χ0n) is 11.8. The van der Waals surface area contributed by atoms with Crippen molar-refractivity contribution in [3.8, 4) is 5.88 Å². The van der Waals surface area contributed by atoms with Gasteiger partial charge in [-0.3, -0.25) is 0 Å². The minimum atomic E-state index is -0.542. The van der Waals surface area contributed by atoms with Gasteiger partial charge in [-0.15, -0.1) is 0 Å². The third-order valence-electron chi connectivity index (χ3n) is 2.30. The van der Waals surface area contributed by atoms with Crippen molar-refractivity contribution in [3.05, 3.63) is 23.9 Å². The Bertz CT molecular complexity index is 429. The van der Waals surface area contributed by atoms with E-state index in [-0.39, 0.29) is 12.6 Å². The van der Waals surface area contributed by atoms with Crippen LogP contribution < -0.4 is 15.8 Å². The smallest absolute Gasteiger partial charge is 0.408 e. The molecule has 0 aliphatic heterocycles. The molecule has 6 nitrogen and oxygen atoms in total. The lowest BCUT2D eigenvalue weighted by atomic mass is 10.1. The largest absolute Gasteiger partial charge is 0.481 e. The Balaban J connectivity index is 2.75. The van der Waals surface area contributed by atoms with E-state index in [1.807, 2.05) is 0 Å². The van der Waals surface area contributed by atoms with Gasteiger partial charge in [0.15, 0.2) is 0 Å². The maximum absolute atomic E-state index is 11.7. The minimum Gasteiger partial charge on any atom is -0.481 e. The van der Waals surface area contributed by atoms with Gasteiger partial charge < -0.3 is 20.5 Å². The zero-order chi connectivity index (χ0) is 14.5. The van der Waals surface area contributed by atoms with Crippen LogP contribution in [0.2, 0.25) is 0 Å². The van der Waals surface area contributed by atoms with Crippen molar-refractivity contribution in [1.82, 2.24) is 10.3 Å². The highest BCUT2D eigenvalue weighted by Gasteiger charge is 2.20. The fourth-order valence-electron chi connectivity index (χ4n) is 1.48. The molecule has 19 heavy (non-hydrogen) atoms. The van der Waals surface area contributed by atoms with E-state index >= 15 is 0 Å². The third-order valence-corrected chi connectivity index (χ3v) is 2.30. The van der Waals surface area contributed by atoms with Crippen molar-refractivity contribution >= 4 is 6.09 Å². The second-order valence-electron chi connectivity index (χ2n) is 5.07. The van der Waals surface area contributed by atoms with Gasteiger partial charge in [0.05, 0.1) is 13.2 Å². The molecule has 1 aromatic rings. The normalized spacial score (nSPS) is 12.7. The van der Waals surface area contributed by atoms with Gasteiger partial charge in [0.25, 0.3) is 0 Å². The molecule has 0 aromatic carbocycles. The van der Waals surface area contributed by atoms with E-state index in [2.05, 4.69) is 10.3 Å². The number of carbonyl (C=O) groups is 1. The lowest BCUT2D eigenvalue weighted by Crippen LogP contribution is -2.37. The molecular weight excluding hydrogens is 246 g/mol. The Morgan fingerprint density at radius 2 is 2.21 bits per heavy atom. The number of rotatable bonds is 4. The second kappa shape index (κ2) is 6.38. The predicted molar refractivity (Wildman–Crippen MR) is 72.0 cm³/mol. The summed E-state index contributed by atoms with van der Waals surface area (Å²) < 4.78 is 10.2. The Hall–Kier alpha value is -1.82. The Labute approximate surface area is 113 Å². The summed E-state index contributed by atoms with van der Waals surface area (Å²) >= 11 is 0. The highest BCUT2D eigenvalue weighted by molar-refractivity contribution is 5.68. The van der Waals surface area contributed by atoms with Gasteiger partial charge in [-0.1, -0.05) is 0 Å². The molecule has 0 saturated heterocycles. The van der Waals surface area contributed by atoms with Crippen molar-refractivity contribution in [2.24, 2.45) is 5.73 Å². The van der Waals surface area contributed by atoms with Gasteiger partial charge in [-0.25, -0.2) is 9.78 Å².